The van der Waals surface area contributed by atoms with E-state index in [-0.39, 0.29) is 6.42 Å². The number of hydrogen-bond donors (Lipinski definition) is 0. The Balaban J connectivity index is 2.22. The number of fused-ring (bicyclic) bond motifs is 2. The van der Waals surface area contributed by atoms with Crippen LogP contribution in [0.3, 0.4) is 0 Å². The number of nitrogens with zero attached hydrogens (tertiary/aromatic N) is 1. The van der Waals surface area contributed by atoms with Crippen LogP contribution < -0.4 is 0 Å². The van der Waals surface area contributed by atoms with Gasteiger partial charge in [0.2, 0.25) is 0 Å². The van der Waals surface area contributed by atoms with E-state index in [1.807, 2.05) is 0 Å². The van der Waals surface area contributed by atoms with Crippen molar-refractivity contribution in [3.63, 3.8) is 0 Å². The van der Waals surface area contributed by atoms with E-state index in [0.29, 0.717) is 5.56 Å². The molecule has 0 radical (unpaired) electrons. The summed E-state index contributed by atoms with van der Waals surface area (Å²) < 4.78 is 25.3. The molecule has 33 heavy (non-hydrogen) atoms. The number of esters is 4. The molecule has 2 saturated heterocycles. The van der Waals surface area contributed by atoms with Crippen molar-refractivity contribution in [2.75, 3.05) is 28.4 Å². The van der Waals surface area contributed by atoms with Gasteiger partial charge in [0.15, 0.2) is 5.72 Å². The van der Waals surface area contributed by atoms with Gasteiger partial charge in [-0.1, -0.05) is 30.3 Å². The molecule has 2 fully saturated rings. The highest BCUT2D eigenvalue weighted by molar-refractivity contribution is 6.14. The fourth-order valence-electron chi connectivity index (χ4n) is 4.78. The summed E-state index contributed by atoms with van der Waals surface area (Å²) in [7, 11) is 4.29. The number of methoxy groups -OCH3 is 4. The van der Waals surface area contributed by atoms with Crippen LogP contribution in [0.5, 0.6) is 0 Å². The third-order valence-electron chi connectivity index (χ3n) is 6.19. The van der Waals surface area contributed by atoms with E-state index in [0.717, 1.165) is 33.3 Å². The SMILES string of the molecule is COC(=O)[C@@H]1[C@H](C(=O)OC)[C@]2(C(=O)OC)O[C@@]1(C)N([C@@H](Cc1ccccc1)C(=O)OC)C2=O. The van der Waals surface area contributed by atoms with Crippen molar-refractivity contribution in [2.24, 2.45) is 11.8 Å². The van der Waals surface area contributed by atoms with Crippen LogP contribution in [0.4, 0.5) is 0 Å². The molecule has 2 aliphatic rings. The van der Waals surface area contributed by atoms with Gasteiger partial charge in [-0.15, -0.1) is 0 Å². The number of ether oxygens (including phenoxy) is 5. The quantitative estimate of drug-likeness (QED) is 0.305. The fourth-order valence-corrected chi connectivity index (χ4v) is 4.78. The second kappa shape index (κ2) is 8.81. The minimum atomic E-state index is -2.54. The van der Waals surface area contributed by atoms with Gasteiger partial charge in [0.05, 0.1) is 28.4 Å². The van der Waals surface area contributed by atoms with Gasteiger partial charge in [0, 0.05) is 6.42 Å². The molecule has 0 unspecified atom stereocenters. The molecular weight excluding hydrogens is 438 g/mol. The Hall–Kier alpha value is -3.47. The van der Waals surface area contributed by atoms with Gasteiger partial charge in [-0.3, -0.25) is 19.3 Å². The van der Waals surface area contributed by atoms with E-state index in [4.69, 9.17) is 23.7 Å². The largest absolute Gasteiger partial charge is 0.469 e. The highest BCUT2D eigenvalue weighted by atomic mass is 16.6. The number of hydrogen-bond acceptors (Lipinski definition) is 10. The molecule has 1 amide bonds. The molecule has 2 aliphatic heterocycles. The van der Waals surface area contributed by atoms with Crippen LogP contribution in [0, 0.1) is 11.8 Å². The van der Waals surface area contributed by atoms with E-state index in [2.05, 4.69) is 0 Å². The third-order valence-corrected chi connectivity index (χ3v) is 6.19. The van der Waals surface area contributed by atoms with Gasteiger partial charge in [0.1, 0.15) is 17.9 Å². The Kier molecular flexibility index (Phi) is 6.46. The van der Waals surface area contributed by atoms with Crippen LogP contribution >= 0.6 is 0 Å². The Morgan fingerprint density at radius 3 is 2.03 bits per heavy atom. The molecule has 0 N–H and O–H groups in total. The summed E-state index contributed by atoms with van der Waals surface area (Å²) in [6.07, 6.45) is -0.00770. The van der Waals surface area contributed by atoms with Crippen LogP contribution in [-0.2, 0) is 54.1 Å². The molecule has 0 aromatic heterocycles. The number of likely N-dealkylation sites (tertiary alicyclic amines) is 1. The Morgan fingerprint density at radius 2 is 1.52 bits per heavy atom. The first kappa shape index (κ1) is 24.2. The van der Waals surface area contributed by atoms with Gasteiger partial charge < -0.3 is 23.7 Å². The van der Waals surface area contributed by atoms with Crippen LogP contribution in [-0.4, -0.2) is 80.5 Å². The Morgan fingerprint density at radius 1 is 0.939 bits per heavy atom. The zero-order chi connectivity index (χ0) is 24.6. The molecule has 3 rings (SSSR count). The van der Waals surface area contributed by atoms with Crippen LogP contribution in [0.15, 0.2) is 30.3 Å². The standard InChI is InChI=1S/C22H25NO10/c1-21-14(17(25)30-3)15(18(26)31-4)22(33-21,20(28)32-5)19(27)23(21)13(16(24)29-2)11-12-9-7-6-8-10-12/h6-10,13-15H,11H2,1-5H3/t13-,14-,15+,21+,22-/m0/s1. The molecule has 178 valence electrons. The van der Waals surface area contributed by atoms with E-state index in [1.165, 1.54) is 6.92 Å². The molecule has 1 aromatic rings. The zero-order valence-corrected chi connectivity index (χ0v) is 18.9. The van der Waals surface area contributed by atoms with Crippen LogP contribution in [0.25, 0.3) is 0 Å². The van der Waals surface area contributed by atoms with Crippen molar-refractivity contribution in [3.8, 4) is 0 Å². The summed E-state index contributed by atoms with van der Waals surface area (Å²) in [5.41, 5.74) is -3.79. The van der Waals surface area contributed by atoms with Crippen molar-refractivity contribution in [1.29, 1.82) is 0 Å². The monoisotopic (exact) mass is 463 g/mol. The zero-order valence-electron chi connectivity index (χ0n) is 18.9. The van der Waals surface area contributed by atoms with Crippen molar-refractivity contribution >= 4 is 29.8 Å². The maximum Gasteiger partial charge on any atom is 0.349 e. The lowest BCUT2D eigenvalue weighted by Gasteiger charge is -2.43. The van der Waals surface area contributed by atoms with Crippen molar-refractivity contribution in [2.45, 2.75) is 30.7 Å². The normalized spacial score (nSPS) is 28.8. The molecule has 2 bridgehead atoms. The lowest BCUT2D eigenvalue weighted by Crippen LogP contribution is -2.67. The number of carbonyl (C=O) groups excluding carboxylic acids is 5. The molecule has 2 heterocycles. The smallest absolute Gasteiger partial charge is 0.349 e. The molecule has 5 atom stereocenters. The molecule has 11 heteroatoms. The first-order valence-electron chi connectivity index (χ1n) is 10.0. The second-order valence-corrected chi connectivity index (χ2v) is 7.79. The second-order valence-electron chi connectivity index (χ2n) is 7.79. The van der Waals surface area contributed by atoms with E-state index >= 15 is 0 Å². The molecule has 0 aliphatic carbocycles. The predicted molar refractivity (Wildman–Crippen MR) is 108 cm³/mol. The Labute approximate surface area is 189 Å². The van der Waals surface area contributed by atoms with Gasteiger partial charge >= 0.3 is 23.9 Å². The topological polar surface area (TPSA) is 135 Å². The van der Waals surface area contributed by atoms with Crippen molar-refractivity contribution in [1.82, 2.24) is 4.90 Å². The number of amides is 1. The summed E-state index contributed by atoms with van der Waals surface area (Å²) in [6, 6.07) is 7.48. The number of benzene rings is 1. The van der Waals surface area contributed by atoms with Crippen molar-refractivity contribution in [3.05, 3.63) is 35.9 Å². The average Bonchev–Trinajstić information content (AvgIpc) is 3.25. The van der Waals surface area contributed by atoms with Crippen LogP contribution in [0.1, 0.15) is 12.5 Å². The molecular formula is C22H25NO10. The fraction of sp³-hybridized carbons (Fsp3) is 0.500. The number of carbonyl (C=O) groups is 5. The Bertz CT molecular complexity index is 979. The minimum Gasteiger partial charge on any atom is -0.469 e. The van der Waals surface area contributed by atoms with Crippen LogP contribution in [0.2, 0.25) is 0 Å². The maximum atomic E-state index is 13.8. The lowest BCUT2D eigenvalue weighted by molar-refractivity contribution is -0.180. The summed E-state index contributed by atoms with van der Waals surface area (Å²) in [5.74, 6) is -8.17. The van der Waals surface area contributed by atoms with E-state index in [9.17, 15) is 24.0 Å². The lowest BCUT2D eigenvalue weighted by atomic mass is 9.72. The molecule has 0 saturated carbocycles. The molecule has 1 aromatic carbocycles. The van der Waals surface area contributed by atoms with Gasteiger partial charge in [-0.2, -0.15) is 0 Å². The average molecular weight is 463 g/mol. The summed E-state index contributed by atoms with van der Waals surface area (Å²) in [5, 5.41) is 0. The predicted octanol–water partition coefficient (Wildman–Crippen LogP) is -0.150. The molecule has 0 spiro atoms. The molecule has 11 nitrogen and oxygen atoms in total. The summed E-state index contributed by atoms with van der Waals surface area (Å²) >= 11 is 0. The highest BCUT2D eigenvalue weighted by Gasteiger charge is 2.83. The number of rotatable bonds is 7. The first-order valence-corrected chi connectivity index (χ1v) is 10.0. The van der Waals surface area contributed by atoms with Gasteiger partial charge in [-0.25, -0.2) is 9.59 Å². The number of piperidine rings is 1. The van der Waals surface area contributed by atoms with Gasteiger partial charge in [0.25, 0.3) is 11.5 Å². The van der Waals surface area contributed by atoms with E-state index in [1.54, 1.807) is 30.3 Å². The minimum absolute atomic E-state index is 0.00770. The highest BCUT2D eigenvalue weighted by Crippen LogP contribution is 2.57. The maximum absolute atomic E-state index is 13.8. The summed E-state index contributed by atoms with van der Waals surface area (Å²) in [6.45, 7) is 1.33. The van der Waals surface area contributed by atoms with E-state index < -0.39 is 59.0 Å². The summed E-state index contributed by atoms with van der Waals surface area (Å²) in [4.78, 5) is 66.1. The van der Waals surface area contributed by atoms with Crippen molar-refractivity contribution < 1.29 is 47.7 Å². The van der Waals surface area contributed by atoms with Gasteiger partial charge in [-0.05, 0) is 12.5 Å². The third kappa shape index (κ3) is 3.43. The first-order chi connectivity index (χ1) is 15.6.